The highest BCUT2D eigenvalue weighted by Crippen LogP contribution is 2.68. The van der Waals surface area contributed by atoms with E-state index in [4.69, 9.17) is 4.98 Å². The molecule has 3 N–H and O–H groups in total. The number of benzene rings is 2. The Morgan fingerprint density at radius 2 is 1.80 bits per heavy atom. The fourth-order valence-corrected chi connectivity index (χ4v) is 8.68. The van der Waals surface area contributed by atoms with E-state index in [0.29, 0.717) is 21.1 Å². The fraction of sp³-hybridized carbons (Fsp3) is 0.325. The SMILES string of the molecule is Cn1cnc(S(=O)(=O)Nc2nn(C)c3c(-c4ccc(C#CC(C)(C)O)nc4[C@H](Cc4ccc(F)c(F)c4)NC(=O)Cn4nc(C(F)(F)F)c5c4C(F)(F)[C@@H]4C[C@H]54)cccc23)c1. The third-order valence-electron chi connectivity index (χ3n) is 10.3. The number of para-hydroxylation sites is 1. The molecule has 2 aromatic carbocycles. The van der Waals surface area contributed by atoms with Crippen LogP contribution in [0.1, 0.15) is 66.1 Å². The second kappa shape index (κ2) is 14.4. The summed E-state index contributed by atoms with van der Waals surface area (Å²) >= 11 is 0. The zero-order valence-corrected chi connectivity index (χ0v) is 33.3. The van der Waals surface area contributed by atoms with Gasteiger partial charge in [0, 0.05) is 48.3 Å². The summed E-state index contributed by atoms with van der Waals surface area (Å²) in [6, 6.07) is 9.49. The van der Waals surface area contributed by atoms with Crippen LogP contribution in [-0.4, -0.2) is 59.1 Å². The van der Waals surface area contributed by atoms with Crippen molar-refractivity contribution < 1.29 is 49.1 Å². The average Bonchev–Trinajstić information content (AvgIpc) is 3.39. The largest absolute Gasteiger partial charge is 0.435 e. The molecule has 1 saturated carbocycles. The van der Waals surface area contributed by atoms with Crippen molar-refractivity contribution in [2.45, 2.75) is 67.9 Å². The zero-order valence-electron chi connectivity index (χ0n) is 32.5. The lowest BCUT2D eigenvalue weighted by Gasteiger charge is -2.23. The van der Waals surface area contributed by atoms with Gasteiger partial charge in [0.25, 0.3) is 15.9 Å². The summed E-state index contributed by atoms with van der Waals surface area (Å²) in [4.78, 5) is 22.6. The van der Waals surface area contributed by atoms with E-state index in [9.17, 15) is 40.3 Å². The number of hydrogen-bond donors (Lipinski definition) is 3. The van der Waals surface area contributed by atoms with Crippen molar-refractivity contribution in [1.82, 2.24) is 39.4 Å². The molecule has 3 atom stereocenters. The van der Waals surface area contributed by atoms with Crippen LogP contribution in [0.5, 0.6) is 0 Å². The summed E-state index contributed by atoms with van der Waals surface area (Å²) in [6.45, 7) is 1.77. The number of imidazole rings is 1. The molecule has 6 aromatic rings. The molecular weight excluding hydrogens is 836 g/mol. The molecule has 61 heavy (non-hydrogen) atoms. The number of sulfonamides is 1. The molecule has 0 unspecified atom stereocenters. The molecule has 318 valence electrons. The lowest BCUT2D eigenvalue weighted by molar-refractivity contribution is -0.142. The Bertz CT molecular complexity index is 2940. The molecule has 1 fully saturated rings. The molecule has 4 heterocycles. The first kappa shape index (κ1) is 41.5. The van der Waals surface area contributed by atoms with E-state index in [0.717, 1.165) is 12.1 Å². The third kappa shape index (κ3) is 7.80. The van der Waals surface area contributed by atoms with Crippen LogP contribution in [0.4, 0.5) is 36.6 Å². The average molecular weight is 870 g/mol. The minimum Gasteiger partial charge on any atom is -0.378 e. The van der Waals surface area contributed by atoms with Crippen molar-refractivity contribution in [1.29, 1.82) is 0 Å². The first-order valence-electron chi connectivity index (χ1n) is 18.5. The van der Waals surface area contributed by atoms with Crippen LogP contribution >= 0.6 is 0 Å². The monoisotopic (exact) mass is 869 g/mol. The number of aliphatic hydroxyl groups is 1. The number of rotatable bonds is 10. The second-order valence-electron chi connectivity index (χ2n) is 15.5. The van der Waals surface area contributed by atoms with Crippen molar-refractivity contribution >= 4 is 32.7 Å². The molecule has 8 rings (SSSR count). The van der Waals surface area contributed by atoms with Crippen LogP contribution in [0, 0.1) is 29.4 Å². The third-order valence-corrected chi connectivity index (χ3v) is 11.6. The van der Waals surface area contributed by atoms with Gasteiger partial charge >= 0.3 is 6.18 Å². The van der Waals surface area contributed by atoms with Crippen molar-refractivity contribution in [3.05, 3.63) is 107 Å². The van der Waals surface area contributed by atoms with Gasteiger partial charge in [0.2, 0.25) is 5.91 Å². The number of alkyl halides is 5. The van der Waals surface area contributed by atoms with Gasteiger partial charge in [-0.15, -0.1) is 0 Å². The highest BCUT2D eigenvalue weighted by molar-refractivity contribution is 7.92. The highest BCUT2D eigenvalue weighted by Gasteiger charge is 2.68. The first-order valence-corrected chi connectivity index (χ1v) is 20.0. The van der Waals surface area contributed by atoms with Crippen LogP contribution in [0.3, 0.4) is 0 Å². The van der Waals surface area contributed by atoms with Crippen molar-refractivity contribution in [2.75, 3.05) is 4.72 Å². The van der Waals surface area contributed by atoms with Gasteiger partial charge in [0.05, 0.1) is 23.6 Å². The van der Waals surface area contributed by atoms with E-state index in [-0.39, 0.29) is 46.2 Å². The van der Waals surface area contributed by atoms with Gasteiger partial charge in [0.1, 0.15) is 23.5 Å². The number of aromatic nitrogens is 7. The van der Waals surface area contributed by atoms with Crippen molar-refractivity contribution in [2.24, 2.45) is 20.0 Å². The molecule has 0 spiro atoms. The normalized spacial score (nSPS) is 17.4. The Balaban J connectivity index is 1.25. The molecule has 0 bridgehead atoms. The van der Waals surface area contributed by atoms with Crippen molar-refractivity contribution in [3.8, 4) is 23.0 Å². The van der Waals surface area contributed by atoms with E-state index < -0.39 is 86.6 Å². The number of halogens is 7. The molecule has 0 saturated heterocycles. The maximum atomic E-state index is 15.4. The number of hydrogen-bond acceptors (Lipinski definition) is 8. The predicted molar refractivity (Wildman–Crippen MR) is 204 cm³/mol. The van der Waals surface area contributed by atoms with Gasteiger partial charge in [-0.05, 0) is 74.4 Å². The van der Waals surface area contributed by atoms with Crippen LogP contribution in [0.25, 0.3) is 22.0 Å². The Kier molecular flexibility index (Phi) is 9.81. The number of carbonyl (C=O) groups excluding carboxylic acids is 1. The van der Waals surface area contributed by atoms with Gasteiger partial charge in [-0.25, -0.2) is 18.7 Å². The number of nitrogens with zero attached hydrogens (tertiary/aromatic N) is 7. The summed E-state index contributed by atoms with van der Waals surface area (Å²) in [5.41, 5.74) is -3.43. The number of carbonyl (C=O) groups is 1. The van der Waals surface area contributed by atoms with Crippen LogP contribution in [0.15, 0.2) is 66.1 Å². The van der Waals surface area contributed by atoms with E-state index in [2.05, 4.69) is 37.1 Å². The standard InChI is InChI=1S/C40H34F7N9O4S/c1-38(2,58)13-12-21-9-10-22(23-6-5-7-24-34(23)55(4)52-37(24)53-61(59,60)31-18-54(3)19-48-31)33(49-21)29(15-20-8-11-27(41)28(42)14-20)50-30(57)17-56-36-32(35(51-56)40(45,46)47)25-16-26(25)39(36,43)44/h5-11,14,18-19,25-26,29,58H,15-17H2,1-4H3,(H,50,57)(H,52,53)/t25-,26+,29-/m0/s1. The number of aryl methyl sites for hydroxylation is 2. The summed E-state index contributed by atoms with van der Waals surface area (Å²) in [7, 11) is -1.09. The lowest BCUT2D eigenvalue weighted by Crippen LogP contribution is -2.35. The Hall–Kier alpha value is -6.27. The molecule has 2 aliphatic carbocycles. The molecule has 0 radical (unpaired) electrons. The Morgan fingerprint density at radius 1 is 1.05 bits per heavy atom. The van der Waals surface area contributed by atoms with Gasteiger partial charge in [-0.1, -0.05) is 24.1 Å². The summed E-state index contributed by atoms with van der Waals surface area (Å²) in [6.07, 6.45) is -2.96. The molecule has 1 amide bonds. The first-order chi connectivity index (χ1) is 28.5. The number of fused-ring (bicyclic) bond motifs is 4. The van der Waals surface area contributed by atoms with Crippen molar-refractivity contribution in [3.63, 3.8) is 0 Å². The zero-order chi connectivity index (χ0) is 44.0. The molecule has 0 aliphatic heterocycles. The van der Waals surface area contributed by atoms with E-state index in [1.165, 1.54) is 47.8 Å². The summed E-state index contributed by atoms with van der Waals surface area (Å²) in [5.74, 6) is -4.25. The molecule has 13 nitrogen and oxygen atoms in total. The minimum absolute atomic E-state index is 0.0122. The lowest BCUT2D eigenvalue weighted by atomic mass is 9.93. The Labute approximate surface area is 342 Å². The quantitative estimate of drug-likeness (QED) is 0.110. The molecule has 2 aliphatic rings. The number of amides is 1. The highest BCUT2D eigenvalue weighted by atomic mass is 32.2. The number of pyridine rings is 1. The predicted octanol–water partition coefficient (Wildman–Crippen LogP) is 6.09. The summed E-state index contributed by atoms with van der Waals surface area (Å²) in [5, 5.41) is 20.9. The van der Waals surface area contributed by atoms with Crippen LogP contribution < -0.4 is 10.0 Å². The molecular formula is C40H34F7N9O4S. The van der Waals surface area contributed by atoms with E-state index in [1.807, 2.05) is 0 Å². The minimum atomic E-state index is -5.08. The second-order valence-corrected chi connectivity index (χ2v) is 17.1. The Morgan fingerprint density at radius 3 is 2.48 bits per heavy atom. The molecule has 4 aromatic heterocycles. The van der Waals surface area contributed by atoms with Gasteiger partial charge in [-0.2, -0.15) is 40.6 Å². The topological polar surface area (TPSA) is 162 Å². The van der Waals surface area contributed by atoms with Gasteiger partial charge in [0.15, 0.2) is 28.2 Å². The van der Waals surface area contributed by atoms with E-state index >= 15 is 8.78 Å². The molecule has 21 heteroatoms. The summed E-state index contributed by atoms with van der Waals surface area (Å²) < 4.78 is 134. The smallest absolute Gasteiger partial charge is 0.378 e. The number of anilines is 1. The maximum absolute atomic E-state index is 15.4. The maximum Gasteiger partial charge on any atom is 0.435 e. The van der Waals surface area contributed by atoms with Crippen LogP contribution in [0.2, 0.25) is 0 Å². The van der Waals surface area contributed by atoms with E-state index in [1.54, 1.807) is 38.4 Å². The van der Waals surface area contributed by atoms with Gasteiger partial charge in [-0.3, -0.25) is 18.9 Å². The fourth-order valence-electron chi connectivity index (χ4n) is 7.68. The number of nitrogens with one attached hydrogen (secondary N) is 2. The van der Waals surface area contributed by atoms with Crippen LogP contribution in [-0.2, 0) is 54.0 Å². The van der Waals surface area contributed by atoms with Gasteiger partial charge < -0.3 is 15.0 Å².